The average molecular weight is 816 g/mol. The van der Waals surface area contributed by atoms with Gasteiger partial charge in [-0.3, -0.25) is 14.4 Å². The van der Waals surface area contributed by atoms with Crippen molar-refractivity contribution in [2.24, 2.45) is 0 Å². The molecule has 0 aromatic heterocycles. The van der Waals surface area contributed by atoms with Crippen LogP contribution in [-0.4, -0.2) is 35.6 Å². The number of rotatable bonds is 47. The number of hydrogen-bond donors (Lipinski definition) is 2. The van der Waals surface area contributed by atoms with Crippen LogP contribution in [0.2, 0.25) is 0 Å². The molecule has 1 unspecified atom stereocenters. The molecular weight excluding hydrogens is 719 g/mol. The van der Waals surface area contributed by atoms with Crippen LogP contribution in [0.3, 0.4) is 0 Å². The van der Waals surface area contributed by atoms with Crippen LogP contribution in [0.5, 0.6) is 0 Å². The Hall–Kier alpha value is -2.11. The molecule has 0 heterocycles. The molecule has 0 bridgehead atoms. The van der Waals surface area contributed by atoms with Gasteiger partial charge in [0.15, 0.2) is 0 Å². The maximum atomic E-state index is 12.8. The lowest BCUT2D eigenvalue weighted by atomic mass is 10.0. The highest BCUT2D eigenvalue weighted by Crippen LogP contribution is 2.19. The average Bonchev–Trinajstić information content (AvgIpc) is 3.21. The summed E-state index contributed by atoms with van der Waals surface area (Å²) in [6, 6.07) is 0. The van der Waals surface area contributed by atoms with Gasteiger partial charge in [-0.15, -0.1) is 0 Å². The van der Waals surface area contributed by atoms with Gasteiger partial charge in [-0.25, -0.2) is 0 Å². The third-order valence-electron chi connectivity index (χ3n) is 11.6. The van der Waals surface area contributed by atoms with E-state index >= 15 is 0 Å². The molecular formula is C52H97NO5. The highest BCUT2D eigenvalue weighted by Gasteiger charge is 2.14. The summed E-state index contributed by atoms with van der Waals surface area (Å²) >= 11 is 0. The molecule has 0 aliphatic carbocycles. The quantitative estimate of drug-likeness (QED) is 0.0363. The Labute approximate surface area is 360 Å². The van der Waals surface area contributed by atoms with E-state index in [4.69, 9.17) is 9.84 Å². The first-order valence-electron chi connectivity index (χ1n) is 25.5. The van der Waals surface area contributed by atoms with E-state index in [2.05, 4.69) is 43.5 Å². The zero-order valence-corrected chi connectivity index (χ0v) is 38.7. The summed E-state index contributed by atoms with van der Waals surface area (Å²) < 4.78 is 6.07. The number of amides is 1. The van der Waals surface area contributed by atoms with Gasteiger partial charge >= 0.3 is 11.9 Å². The van der Waals surface area contributed by atoms with E-state index in [-0.39, 0.29) is 24.5 Å². The summed E-state index contributed by atoms with van der Waals surface area (Å²) in [6.45, 7) is 4.24. The zero-order valence-electron chi connectivity index (χ0n) is 38.7. The van der Waals surface area contributed by atoms with Crippen molar-refractivity contribution in [3.8, 4) is 0 Å². The van der Waals surface area contributed by atoms with E-state index < -0.39 is 5.97 Å². The lowest BCUT2D eigenvalue weighted by molar-refractivity contribution is -0.150. The number of carboxylic acids is 1. The summed E-state index contributed by atoms with van der Waals surface area (Å²) in [4.78, 5) is 35.2. The zero-order chi connectivity index (χ0) is 42.3. The van der Waals surface area contributed by atoms with Crippen LogP contribution in [0.1, 0.15) is 277 Å². The minimum atomic E-state index is -1.01. The number of hydrogen-bond acceptors (Lipinski definition) is 4. The van der Waals surface area contributed by atoms with E-state index in [1.54, 1.807) is 0 Å². The number of aliphatic carboxylic acids is 1. The molecule has 6 heteroatoms. The lowest BCUT2D eigenvalue weighted by Crippen LogP contribution is -2.28. The highest BCUT2D eigenvalue weighted by atomic mass is 16.5. The van der Waals surface area contributed by atoms with Gasteiger partial charge in [0.25, 0.3) is 0 Å². The number of ether oxygens (including phenoxy) is 1. The maximum Gasteiger partial charge on any atom is 0.322 e. The van der Waals surface area contributed by atoms with E-state index in [1.165, 1.54) is 180 Å². The van der Waals surface area contributed by atoms with E-state index in [1.807, 2.05) is 0 Å². The first-order chi connectivity index (χ1) is 28.5. The highest BCUT2D eigenvalue weighted by molar-refractivity contribution is 5.80. The Kier molecular flexibility index (Phi) is 45.8. The number of esters is 1. The maximum absolute atomic E-state index is 12.8. The predicted molar refractivity (Wildman–Crippen MR) is 249 cm³/mol. The van der Waals surface area contributed by atoms with Crippen LogP contribution in [-0.2, 0) is 19.1 Å². The summed E-state index contributed by atoms with van der Waals surface area (Å²) in [7, 11) is 0. The second-order valence-electron chi connectivity index (χ2n) is 17.4. The van der Waals surface area contributed by atoms with Gasteiger partial charge in [-0.2, -0.15) is 0 Å². The van der Waals surface area contributed by atoms with Crippen LogP contribution in [0.15, 0.2) is 24.3 Å². The molecule has 2 N–H and O–H groups in total. The first kappa shape index (κ1) is 55.9. The van der Waals surface area contributed by atoms with Gasteiger partial charge in [0, 0.05) is 12.8 Å². The molecule has 1 atom stereocenters. The van der Waals surface area contributed by atoms with Gasteiger partial charge < -0.3 is 15.2 Å². The van der Waals surface area contributed by atoms with E-state index in [9.17, 15) is 14.4 Å². The Bertz CT molecular complexity index is 946. The van der Waals surface area contributed by atoms with Gasteiger partial charge in [0.1, 0.15) is 12.6 Å². The SMILES string of the molecule is CCCCCCC/C=C\C/C=C\CCCCCCCCCCCCCC(=O)OC(CCCCCCCCCCCCCCC)CCCCCCCC(=O)NCC(=O)O. The van der Waals surface area contributed by atoms with E-state index in [0.29, 0.717) is 12.8 Å². The second-order valence-corrected chi connectivity index (χ2v) is 17.4. The van der Waals surface area contributed by atoms with Crippen LogP contribution in [0, 0.1) is 0 Å². The topological polar surface area (TPSA) is 92.7 Å². The van der Waals surface area contributed by atoms with Gasteiger partial charge in [0.05, 0.1) is 0 Å². The molecule has 0 aromatic rings. The molecule has 0 spiro atoms. The van der Waals surface area contributed by atoms with Crippen molar-refractivity contribution in [2.75, 3.05) is 6.54 Å². The molecule has 0 aliphatic heterocycles. The third kappa shape index (κ3) is 46.6. The molecule has 0 rings (SSSR count). The van der Waals surface area contributed by atoms with Gasteiger partial charge in [-0.1, -0.05) is 218 Å². The van der Waals surface area contributed by atoms with Gasteiger partial charge in [0.2, 0.25) is 5.91 Å². The fraction of sp³-hybridized carbons (Fsp3) is 0.865. The van der Waals surface area contributed by atoms with E-state index in [0.717, 1.165) is 70.6 Å². The Morgan fingerprint density at radius 1 is 0.448 bits per heavy atom. The molecule has 0 aliphatic rings. The fourth-order valence-corrected chi connectivity index (χ4v) is 7.84. The normalized spacial score (nSPS) is 12.2. The Morgan fingerprint density at radius 3 is 1.19 bits per heavy atom. The van der Waals surface area contributed by atoms with Crippen molar-refractivity contribution >= 4 is 17.8 Å². The van der Waals surface area contributed by atoms with Crippen molar-refractivity contribution in [1.82, 2.24) is 5.32 Å². The minimum absolute atomic E-state index is 0.0112. The number of nitrogens with one attached hydrogen (secondary N) is 1. The van der Waals surface area contributed by atoms with Crippen molar-refractivity contribution in [2.45, 2.75) is 283 Å². The number of carbonyl (C=O) groups is 3. The number of carbonyl (C=O) groups excluding carboxylic acids is 2. The number of unbranched alkanes of at least 4 members (excludes halogenated alkanes) is 32. The summed E-state index contributed by atoms with van der Waals surface area (Å²) in [6.07, 6.45) is 58.9. The minimum Gasteiger partial charge on any atom is -0.480 e. The number of allylic oxidation sites excluding steroid dienone is 4. The smallest absolute Gasteiger partial charge is 0.322 e. The molecule has 340 valence electrons. The summed E-state index contributed by atoms with van der Waals surface area (Å²) in [5.74, 6) is -1.21. The Balaban J connectivity index is 4.03. The monoisotopic (exact) mass is 816 g/mol. The number of carboxylic acid groups (broad SMARTS) is 1. The second kappa shape index (κ2) is 47.6. The molecule has 6 nitrogen and oxygen atoms in total. The van der Waals surface area contributed by atoms with Crippen molar-refractivity contribution in [3.05, 3.63) is 24.3 Å². The standard InChI is InChI=1S/C52H97NO5/c1-3-5-7-9-11-13-15-17-18-19-20-21-22-23-24-25-26-28-30-32-34-39-43-47-52(57)58-49(45-41-37-35-38-42-46-50(54)53-48-51(55)56)44-40-36-33-31-29-27-16-14-12-10-8-6-4-2/h15,17,19-20,49H,3-14,16,18,21-48H2,1-2H3,(H,53,54)(H,55,56)/b17-15-,20-19-. The van der Waals surface area contributed by atoms with Crippen molar-refractivity contribution < 1.29 is 24.2 Å². The third-order valence-corrected chi connectivity index (χ3v) is 11.6. The Morgan fingerprint density at radius 2 is 0.793 bits per heavy atom. The molecule has 0 radical (unpaired) electrons. The van der Waals surface area contributed by atoms with Crippen LogP contribution < -0.4 is 5.32 Å². The largest absolute Gasteiger partial charge is 0.480 e. The predicted octanol–water partition coefficient (Wildman–Crippen LogP) is 16.2. The van der Waals surface area contributed by atoms with Crippen LogP contribution >= 0.6 is 0 Å². The molecule has 0 saturated heterocycles. The van der Waals surface area contributed by atoms with Crippen molar-refractivity contribution in [3.63, 3.8) is 0 Å². The summed E-state index contributed by atoms with van der Waals surface area (Å²) in [5.41, 5.74) is 0. The van der Waals surface area contributed by atoms with Gasteiger partial charge in [-0.05, 0) is 70.6 Å². The van der Waals surface area contributed by atoms with Crippen LogP contribution in [0.4, 0.5) is 0 Å². The molecule has 1 amide bonds. The molecule has 58 heavy (non-hydrogen) atoms. The first-order valence-corrected chi connectivity index (χ1v) is 25.5. The van der Waals surface area contributed by atoms with Crippen molar-refractivity contribution in [1.29, 1.82) is 0 Å². The molecule has 0 saturated carbocycles. The molecule has 0 aromatic carbocycles. The fourth-order valence-electron chi connectivity index (χ4n) is 7.84. The lowest BCUT2D eigenvalue weighted by Gasteiger charge is -2.18. The van der Waals surface area contributed by atoms with Crippen LogP contribution in [0.25, 0.3) is 0 Å². The summed E-state index contributed by atoms with van der Waals surface area (Å²) in [5, 5.41) is 11.1. The molecule has 0 fully saturated rings.